The normalized spacial score (nSPS) is 15.6. The lowest BCUT2D eigenvalue weighted by molar-refractivity contribution is 0.0376. The van der Waals surface area contributed by atoms with Crippen LogP contribution < -0.4 is 25.3 Å². The number of nitrogens with zero attached hydrogens (tertiary/aromatic N) is 2. The van der Waals surface area contributed by atoms with Crippen molar-refractivity contribution >= 4 is 5.96 Å². The molecule has 1 fully saturated rings. The molecule has 0 atom stereocenters. The highest BCUT2D eigenvalue weighted by Crippen LogP contribution is 2.34. The fourth-order valence-corrected chi connectivity index (χ4v) is 2.80. The number of guanidine groups is 1. The highest BCUT2D eigenvalue weighted by atomic mass is 16.5. The molecular formula is C18H30N4O4. The van der Waals surface area contributed by atoms with Crippen molar-refractivity contribution < 1.29 is 18.9 Å². The maximum atomic E-state index is 5.98. The van der Waals surface area contributed by atoms with E-state index in [0.29, 0.717) is 29.8 Å². The van der Waals surface area contributed by atoms with Gasteiger partial charge in [0, 0.05) is 31.8 Å². The highest BCUT2D eigenvalue weighted by Gasteiger charge is 2.13. The summed E-state index contributed by atoms with van der Waals surface area (Å²) in [5.41, 5.74) is 6.81. The number of methoxy groups -OCH3 is 3. The second-order valence-electron chi connectivity index (χ2n) is 5.95. The minimum absolute atomic E-state index is 0.360. The van der Waals surface area contributed by atoms with Crippen LogP contribution in [0, 0.1) is 0 Å². The lowest BCUT2D eigenvalue weighted by Gasteiger charge is -2.26. The summed E-state index contributed by atoms with van der Waals surface area (Å²) < 4.78 is 21.4. The van der Waals surface area contributed by atoms with Crippen LogP contribution in [0.2, 0.25) is 0 Å². The quantitative estimate of drug-likeness (QED) is 0.380. The molecule has 146 valence electrons. The standard InChI is InChI=1S/C18H30N4O4/c1-23-14-11-16(24-2)15(17(12-14)25-3)13-21-18(19)20-5-4-6-22-7-9-26-10-8-22/h11-12H,4-10,13H2,1-3H3,(H3,19,20,21). The van der Waals surface area contributed by atoms with E-state index in [1.807, 2.05) is 0 Å². The maximum absolute atomic E-state index is 5.98. The second kappa shape index (κ2) is 10.7. The molecule has 0 aliphatic carbocycles. The molecule has 8 nitrogen and oxygen atoms in total. The van der Waals surface area contributed by atoms with Crippen molar-refractivity contribution in [1.82, 2.24) is 10.2 Å². The first-order valence-corrected chi connectivity index (χ1v) is 8.80. The predicted molar refractivity (Wildman–Crippen MR) is 101 cm³/mol. The summed E-state index contributed by atoms with van der Waals surface area (Å²) >= 11 is 0. The number of hydrogen-bond acceptors (Lipinski definition) is 6. The SMILES string of the molecule is COc1cc(OC)c(CN=C(N)NCCCN2CCOCC2)c(OC)c1. The van der Waals surface area contributed by atoms with Crippen molar-refractivity contribution in [3.05, 3.63) is 17.7 Å². The van der Waals surface area contributed by atoms with E-state index in [2.05, 4.69) is 15.2 Å². The molecule has 0 spiro atoms. The number of nitrogens with two attached hydrogens (primary N) is 1. The maximum Gasteiger partial charge on any atom is 0.188 e. The van der Waals surface area contributed by atoms with Gasteiger partial charge in [0.05, 0.1) is 46.7 Å². The topological polar surface area (TPSA) is 90.6 Å². The lowest BCUT2D eigenvalue weighted by atomic mass is 10.1. The van der Waals surface area contributed by atoms with Crippen LogP contribution >= 0.6 is 0 Å². The van der Waals surface area contributed by atoms with Crippen LogP contribution in [-0.4, -0.2) is 71.6 Å². The van der Waals surface area contributed by atoms with Crippen molar-refractivity contribution in [3.63, 3.8) is 0 Å². The molecule has 0 amide bonds. The smallest absolute Gasteiger partial charge is 0.188 e. The molecule has 2 rings (SSSR count). The summed E-state index contributed by atoms with van der Waals surface area (Å²) in [5, 5.41) is 3.15. The largest absolute Gasteiger partial charge is 0.496 e. The number of hydrogen-bond donors (Lipinski definition) is 2. The Bertz CT molecular complexity index is 564. The van der Waals surface area contributed by atoms with E-state index in [9.17, 15) is 0 Å². The van der Waals surface area contributed by atoms with Gasteiger partial charge >= 0.3 is 0 Å². The number of ether oxygens (including phenoxy) is 4. The summed E-state index contributed by atoms with van der Waals surface area (Å²) in [6.07, 6.45) is 1.01. The number of morpholine rings is 1. The Morgan fingerprint density at radius 3 is 2.38 bits per heavy atom. The summed E-state index contributed by atoms with van der Waals surface area (Å²) in [4.78, 5) is 6.79. The third-order valence-electron chi connectivity index (χ3n) is 4.29. The zero-order valence-electron chi connectivity index (χ0n) is 15.9. The van der Waals surface area contributed by atoms with E-state index in [1.54, 1.807) is 33.5 Å². The van der Waals surface area contributed by atoms with Crippen molar-refractivity contribution in [3.8, 4) is 17.2 Å². The van der Waals surface area contributed by atoms with E-state index in [4.69, 9.17) is 24.7 Å². The molecule has 1 aromatic rings. The molecule has 26 heavy (non-hydrogen) atoms. The van der Waals surface area contributed by atoms with Gasteiger partial charge in [0.25, 0.3) is 0 Å². The first kappa shape index (κ1) is 20.1. The minimum Gasteiger partial charge on any atom is -0.496 e. The Balaban J connectivity index is 1.85. The van der Waals surface area contributed by atoms with Gasteiger partial charge in [-0.3, -0.25) is 4.90 Å². The molecule has 0 aromatic heterocycles. The number of nitrogens with one attached hydrogen (secondary N) is 1. The average molecular weight is 366 g/mol. The number of rotatable bonds is 9. The summed E-state index contributed by atoms with van der Waals surface area (Å²) in [7, 11) is 4.81. The third kappa shape index (κ3) is 5.96. The van der Waals surface area contributed by atoms with Gasteiger partial charge in [-0.05, 0) is 13.0 Å². The van der Waals surface area contributed by atoms with Crippen LogP contribution in [0.3, 0.4) is 0 Å². The first-order chi connectivity index (χ1) is 12.7. The van der Waals surface area contributed by atoms with Crippen LogP contribution in [0.15, 0.2) is 17.1 Å². The van der Waals surface area contributed by atoms with E-state index >= 15 is 0 Å². The van der Waals surface area contributed by atoms with E-state index < -0.39 is 0 Å². The fourth-order valence-electron chi connectivity index (χ4n) is 2.80. The van der Waals surface area contributed by atoms with Crippen LogP contribution in [-0.2, 0) is 11.3 Å². The Labute approximate surface area is 155 Å². The molecule has 8 heteroatoms. The minimum atomic E-state index is 0.360. The number of benzene rings is 1. The van der Waals surface area contributed by atoms with Gasteiger partial charge in [-0.15, -0.1) is 0 Å². The van der Waals surface area contributed by atoms with Gasteiger partial charge in [0.15, 0.2) is 5.96 Å². The summed E-state index contributed by atoms with van der Waals surface area (Å²) in [5.74, 6) is 2.39. The van der Waals surface area contributed by atoms with E-state index in [-0.39, 0.29) is 0 Å². The van der Waals surface area contributed by atoms with Crippen molar-refractivity contribution in [2.24, 2.45) is 10.7 Å². The molecule has 1 heterocycles. The fraction of sp³-hybridized carbons (Fsp3) is 0.611. The van der Waals surface area contributed by atoms with Crippen molar-refractivity contribution in [2.75, 3.05) is 60.7 Å². The Morgan fingerprint density at radius 1 is 1.15 bits per heavy atom. The zero-order valence-corrected chi connectivity index (χ0v) is 15.9. The van der Waals surface area contributed by atoms with Gasteiger partial charge in [-0.25, -0.2) is 4.99 Å². The monoisotopic (exact) mass is 366 g/mol. The van der Waals surface area contributed by atoms with Gasteiger partial charge < -0.3 is 30.0 Å². The van der Waals surface area contributed by atoms with Crippen molar-refractivity contribution in [2.45, 2.75) is 13.0 Å². The van der Waals surface area contributed by atoms with Crippen LogP contribution in [0.5, 0.6) is 17.2 Å². The molecule has 3 N–H and O–H groups in total. The second-order valence-corrected chi connectivity index (χ2v) is 5.95. The number of aliphatic imine (C=N–C) groups is 1. The molecular weight excluding hydrogens is 336 g/mol. The molecule has 1 saturated heterocycles. The molecule has 1 aliphatic heterocycles. The van der Waals surface area contributed by atoms with Crippen molar-refractivity contribution in [1.29, 1.82) is 0 Å². The Kier molecular flexibility index (Phi) is 8.30. The van der Waals surface area contributed by atoms with Gasteiger partial charge in [0.1, 0.15) is 17.2 Å². The van der Waals surface area contributed by atoms with Gasteiger partial charge in [0.2, 0.25) is 0 Å². The first-order valence-electron chi connectivity index (χ1n) is 8.80. The Hall–Kier alpha value is -2.19. The van der Waals surface area contributed by atoms with Gasteiger partial charge in [-0.2, -0.15) is 0 Å². The Morgan fingerprint density at radius 2 is 1.81 bits per heavy atom. The predicted octanol–water partition coefficient (Wildman–Crippen LogP) is 0.839. The molecule has 0 bridgehead atoms. The van der Waals surface area contributed by atoms with E-state index in [0.717, 1.165) is 51.4 Å². The van der Waals surface area contributed by atoms with E-state index in [1.165, 1.54) is 0 Å². The summed E-state index contributed by atoms with van der Waals surface area (Å²) in [6, 6.07) is 3.61. The van der Waals surface area contributed by atoms with Gasteiger partial charge in [-0.1, -0.05) is 0 Å². The highest BCUT2D eigenvalue weighted by molar-refractivity contribution is 5.77. The molecule has 1 aliphatic rings. The average Bonchev–Trinajstić information content (AvgIpc) is 2.69. The third-order valence-corrected chi connectivity index (χ3v) is 4.29. The van der Waals surface area contributed by atoms with Crippen LogP contribution in [0.25, 0.3) is 0 Å². The summed E-state index contributed by atoms with van der Waals surface area (Å²) in [6.45, 7) is 5.82. The molecule has 1 aromatic carbocycles. The molecule has 0 radical (unpaired) electrons. The zero-order chi connectivity index (χ0) is 18.8. The van der Waals surface area contributed by atoms with Crippen LogP contribution in [0.4, 0.5) is 0 Å². The van der Waals surface area contributed by atoms with Crippen LogP contribution in [0.1, 0.15) is 12.0 Å². The molecule has 0 saturated carbocycles. The molecule has 0 unspecified atom stereocenters. The lowest BCUT2D eigenvalue weighted by Crippen LogP contribution is -2.39.